The number of hydrogen-bond donors (Lipinski definition) is 2. The fraction of sp³-hybridized carbons (Fsp3) is 0.333. The zero-order valence-corrected chi connectivity index (χ0v) is 8.81. The molecule has 0 aliphatic heterocycles. The van der Waals surface area contributed by atoms with E-state index in [0.717, 1.165) is 0 Å². The molecule has 0 saturated heterocycles. The number of hydrogen-bond acceptors (Lipinski definition) is 2. The molecule has 3 N–H and O–H groups in total. The van der Waals surface area contributed by atoms with Gasteiger partial charge in [0.1, 0.15) is 11.6 Å². The van der Waals surface area contributed by atoms with Crippen LogP contribution in [-0.2, 0) is 0 Å². The fourth-order valence-electron chi connectivity index (χ4n) is 1.06. The van der Waals surface area contributed by atoms with Crippen LogP contribution < -0.4 is 5.73 Å². The topological polar surface area (TPSA) is 46.2 Å². The molecule has 4 heteroatoms. The minimum atomic E-state index is -0.432. The summed E-state index contributed by atoms with van der Waals surface area (Å²) in [5.41, 5.74) is 5.94. The number of aromatic hydroxyl groups is 1. The Morgan fingerprint density at radius 2 is 2.23 bits per heavy atom. The van der Waals surface area contributed by atoms with Crippen molar-refractivity contribution in [2.24, 2.45) is 5.73 Å². The molecule has 0 fully saturated rings. The van der Waals surface area contributed by atoms with E-state index >= 15 is 0 Å². The molecular formula is C9H11BrFNO. The van der Waals surface area contributed by atoms with Crippen molar-refractivity contribution < 1.29 is 9.50 Å². The molecule has 0 aromatic heterocycles. The molecule has 1 unspecified atom stereocenters. The van der Waals surface area contributed by atoms with Gasteiger partial charge >= 0.3 is 0 Å². The lowest BCUT2D eigenvalue weighted by molar-refractivity contribution is 0.461. The molecule has 1 aromatic carbocycles. The molecule has 2 nitrogen and oxygen atoms in total. The van der Waals surface area contributed by atoms with E-state index in [1.807, 2.05) is 6.92 Å². The summed E-state index contributed by atoms with van der Waals surface area (Å²) in [5, 5.41) is 9.16. The third-order valence-corrected chi connectivity index (χ3v) is 2.73. The molecule has 1 atom stereocenters. The van der Waals surface area contributed by atoms with Crippen molar-refractivity contribution in [1.29, 1.82) is 0 Å². The molecule has 0 spiro atoms. The molecule has 0 amide bonds. The second kappa shape index (κ2) is 4.07. The average molecular weight is 248 g/mol. The van der Waals surface area contributed by atoms with Crippen molar-refractivity contribution in [3.63, 3.8) is 0 Å². The molecule has 72 valence electrons. The predicted octanol–water partition coefficient (Wildman–Crippen LogP) is 2.36. The summed E-state index contributed by atoms with van der Waals surface area (Å²) in [7, 11) is 0. The third-order valence-electron chi connectivity index (χ3n) is 1.98. The Labute approximate surface area is 84.7 Å². The molecule has 0 heterocycles. The Bertz CT molecular complexity index is 317. The zero-order chi connectivity index (χ0) is 10.0. The summed E-state index contributed by atoms with van der Waals surface area (Å²) in [6.07, 6.45) is 0. The number of phenolic OH excluding ortho intramolecular Hbond substituents is 1. The first kappa shape index (κ1) is 10.5. The smallest absolute Gasteiger partial charge is 0.144 e. The summed E-state index contributed by atoms with van der Waals surface area (Å²) in [6.45, 7) is 2.22. The van der Waals surface area contributed by atoms with Gasteiger partial charge < -0.3 is 10.8 Å². The van der Waals surface area contributed by atoms with Gasteiger partial charge in [0.2, 0.25) is 0 Å². The number of halogens is 2. The Hall–Kier alpha value is -0.610. The van der Waals surface area contributed by atoms with Gasteiger partial charge in [0.25, 0.3) is 0 Å². The maximum absolute atomic E-state index is 13.4. The second-order valence-corrected chi connectivity index (χ2v) is 3.73. The Balaban J connectivity index is 3.18. The highest BCUT2D eigenvalue weighted by atomic mass is 79.9. The normalized spacial score (nSPS) is 12.9. The van der Waals surface area contributed by atoms with Gasteiger partial charge in [-0.2, -0.15) is 0 Å². The van der Waals surface area contributed by atoms with Crippen molar-refractivity contribution in [3.05, 3.63) is 28.0 Å². The van der Waals surface area contributed by atoms with Crippen LogP contribution in [0.5, 0.6) is 5.75 Å². The van der Waals surface area contributed by atoms with E-state index in [4.69, 9.17) is 10.8 Å². The molecule has 1 rings (SSSR count). The lowest BCUT2D eigenvalue weighted by Gasteiger charge is -2.11. The summed E-state index contributed by atoms with van der Waals surface area (Å²) in [6, 6.07) is 3.00. The first-order valence-corrected chi connectivity index (χ1v) is 4.74. The number of phenols is 1. The standard InChI is InChI=1S/C9H11BrFNO/c1-5(4-12)6-2-3-7(13)8(10)9(6)11/h2-3,5,13H,4,12H2,1H3. The van der Waals surface area contributed by atoms with Gasteiger partial charge in [-0.1, -0.05) is 13.0 Å². The Kier molecular flexibility index (Phi) is 3.27. The molecule has 0 bridgehead atoms. The van der Waals surface area contributed by atoms with Gasteiger partial charge in [-0.3, -0.25) is 0 Å². The van der Waals surface area contributed by atoms with Gasteiger partial charge in [0, 0.05) is 0 Å². The molecule has 0 aliphatic carbocycles. The summed E-state index contributed by atoms with van der Waals surface area (Å²) in [4.78, 5) is 0. The fourth-order valence-corrected chi connectivity index (χ4v) is 1.42. The summed E-state index contributed by atoms with van der Waals surface area (Å²) in [5.74, 6) is -0.569. The maximum atomic E-state index is 13.4. The Morgan fingerprint density at radius 1 is 1.62 bits per heavy atom. The minimum absolute atomic E-state index is 0.0445. The van der Waals surface area contributed by atoms with E-state index in [1.165, 1.54) is 6.07 Å². The van der Waals surface area contributed by atoms with Crippen molar-refractivity contribution in [2.75, 3.05) is 6.54 Å². The predicted molar refractivity (Wildman–Crippen MR) is 53.2 cm³/mol. The van der Waals surface area contributed by atoms with Crippen molar-refractivity contribution in [1.82, 2.24) is 0 Å². The van der Waals surface area contributed by atoms with Crippen LogP contribution in [0.1, 0.15) is 18.4 Å². The molecule has 0 saturated carbocycles. The highest BCUT2D eigenvalue weighted by molar-refractivity contribution is 9.10. The van der Waals surface area contributed by atoms with Crippen LogP contribution in [0.15, 0.2) is 16.6 Å². The van der Waals surface area contributed by atoms with Crippen LogP contribution >= 0.6 is 15.9 Å². The zero-order valence-electron chi connectivity index (χ0n) is 7.22. The number of nitrogens with two attached hydrogens (primary N) is 1. The molecule has 0 aliphatic rings. The monoisotopic (exact) mass is 247 g/mol. The van der Waals surface area contributed by atoms with E-state index < -0.39 is 5.82 Å². The van der Waals surface area contributed by atoms with Crippen LogP contribution in [-0.4, -0.2) is 11.7 Å². The molecular weight excluding hydrogens is 237 g/mol. The number of rotatable bonds is 2. The largest absolute Gasteiger partial charge is 0.507 e. The maximum Gasteiger partial charge on any atom is 0.144 e. The van der Waals surface area contributed by atoms with E-state index in [0.29, 0.717) is 12.1 Å². The van der Waals surface area contributed by atoms with Gasteiger partial charge in [0.15, 0.2) is 0 Å². The average Bonchev–Trinajstić information content (AvgIpc) is 2.13. The molecule has 13 heavy (non-hydrogen) atoms. The summed E-state index contributed by atoms with van der Waals surface area (Å²) >= 11 is 2.96. The van der Waals surface area contributed by atoms with Crippen LogP contribution in [0, 0.1) is 5.82 Å². The van der Waals surface area contributed by atoms with Crippen molar-refractivity contribution in [2.45, 2.75) is 12.8 Å². The van der Waals surface area contributed by atoms with Crippen LogP contribution in [0.2, 0.25) is 0 Å². The van der Waals surface area contributed by atoms with Gasteiger partial charge in [-0.25, -0.2) is 4.39 Å². The SMILES string of the molecule is CC(CN)c1ccc(O)c(Br)c1F. The highest BCUT2D eigenvalue weighted by Crippen LogP contribution is 2.31. The quantitative estimate of drug-likeness (QED) is 0.843. The third kappa shape index (κ3) is 2.00. The lowest BCUT2D eigenvalue weighted by Crippen LogP contribution is -2.10. The lowest BCUT2D eigenvalue weighted by atomic mass is 10.0. The van der Waals surface area contributed by atoms with E-state index in [-0.39, 0.29) is 16.1 Å². The van der Waals surface area contributed by atoms with Gasteiger partial charge in [0.05, 0.1) is 4.47 Å². The van der Waals surface area contributed by atoms with Crippen LogP contribution in [0.3, 0.4) is 0 Å². The highest BCUT2D eigenvalue weighted by Gasteiger charge is 2.14. The van der Waals surface area contributed by atoms with Crippen LogP contribution in [0.4, 0.5) is 4.39 Å². The van der Waals surface area contributed by atoms with Crippen molar-refractivity contribution in [3.8, 4) is 5.75 Å². The molecule has 1 aromatic rings. The van der Waals surface area contributed by atoms with Gasteiger partial charge in [-0.05, 0) is 40.0 Å². The second-order valence-electron chi connectivity index (χ2n) is 2.94. The van der Waals surface area contributed by atoms with E-state index in [2.05, 4.69) is 15.9 Å². The van der Waals surface area contributed by atoms with E-state index in [9.17, 15) is 4.39 Å². The minimum Gasteiger partial charge on any atom is -0.507 e. The van der Waals surface area contributed by atoms with Gasteiger partial charge in [-0.15, -0.1) is 0 Å². The molecule has 0 radical (unpaired) electrons. The van der Waals surface area contributed by atoms with Crippen LogP contribution in [0.25, 0.3) is 0 Å². The Morgan fingerprint density at radius 3 is 2.77 bits per heavy atom. The van der Waals surface area contributed by atoms with Crippen molar-refractivity contribution >= 4 is 15.9 Å². The van der Waals surface area contributed by atoms with E-state index in [1.54, 1.807) is 6.07 Å². The first-order chi connectivity index (χ1) is 6.07. The first-order valence-electron chi connectivity index (χ1n) is 3.94. The summed E-state index contributed by atoms with van der Waals surface area (Å²) < 4.78 is 13.5. The number of benzene rings is 1.